The third-order valence-electron chi connectivity index (χ3n) is 3.99. The van der Waals surface area contributed by atoms with E-state index in [0.29, 0.717) is 17.9 Å². The number of fused-ring (bicyclic) bond motifs is 3. The molecule has 0 amide bonds. The zero-order valence-corrected chi connectivity index (χ0v) is 14.1. The van der Waals surface area contributed by atoms with Crippen LogP contribution in [0.3, 0.4) is 0 Å². The largest absolute Gasteiger partial charge is 0.383 e. The van der Waals surface area contributed by atoms with Gasteiger partial charge in [-0.05, 0) is 45.8 Å². The van der Waals surface area contributed by atoms with Crippen molar-refractivity contribution in [2.24, 2.45) is 0 Å². The summed E-state index contributed by atoms with van der Waals surface area (Å²) in [5.41, 5.74) is 14.4. The van der Waals surface area contributed by atoms with E-state index in [1.165, 1.54) is 12.1 Å². The van der Waals surface area contributed by atoms with Gasteiger partial charge in [0.05, 0.1) is 16.4 Å². The fourth-order valence-corrected chi connectivity index (χ4v) is 3.41. The average molecular weight is 386 g/mol. The van der Waals surface area contributed by atoms with Gasteiger partial charge in [0, 0.05) is 22.6 Å². The minimum absolute atomic E-state index is 0.144. The molecule has 0 aliphatic heterocycles. The molecule has 24 heavy (non-hydrogen) atoms. The predicted octanol–water partition coefficient (Wildman–Crippen LogP) is 3.70. The van der Waals surface area contributed by atoms with Gasteiger partial charge >= 0.3 is 0 Å². The van der Waals surface area contributed by atoms with Crippen LogP contribution >= 0.6 is 15.9 Å². The van der Waals surface area contributed by atoms with E-state index in [4.69, 9.17) is 11.5 Å². The fraction of sp³-hybridized carbons (Fsp3) is 0.0588. The summed E-state index contributed by atoms with van der Waals surface area (Å²) in [5, 5.41) is 1.72. The second-order valence-electron chi connectivity index (χ2n) is 5.55. The number of halogens is 2. The topological polar surface area (TPSA) is 82.8 Å². The number of nitrogens with two attached hydrogens (primary N) is 2. The number of hydrogen-bond donors (Lipinski definition) is 2. The van der Waals surface area contributed by atoms with Gasteiger partial charge in [-0.25, -0.2) is 9.37 Å². The standard InChI is InChI=1S/C17H13BrFN5/c18-12-7-13-11(14-15(12)22-17(21)23-16(14)20)5-6-24(13)8-9-1-3-10(19)4-2-9/h1-7H,8H2,(H4,20,21,22,23). The molecule has 0 aliphatic rings. The molecular formula is C17H13BrFN5. The van der Waals surface area contributed by atoms with Gasteiger partial charge in [-0.2, -0.15) is 4.98 Å². The van der Waals surface area contributed by atoms with Crippen molar-refractivity contribution >= 4 is 49.5 Å². The summed E-state index contributed by atoms with van der Waals surface area (Å²) in [6.45, 7) is 0.622. The number of nitrogen functional groups attached to an aromatic ring is 2. The van der Waals surface area contributed by atoms with Crippen molar-refractivity contribution in [2.45, 2.75) is 6.54 Å². The maximum absolute atomic E-state index is 13.1. The van der Waals surface area contributed by atoms with E-state index in [9.17, 15) is 4.39 Å². The molecule has 7 heteroatoms. The van der Waals surface area contributed by atoms with Crippen LogP contribution in [0.4, 0.5) is 16.2 Å². The van der Waals surface area contributed by atoms with Crippen molar-refractivity contribution in [1.29, 1.82) is 0 Å². The van der Waals surface area contributed by atoms with Crippen molar-refractivity contribution in [3.8, 4) is 0 Å². The molecule has 0 spiro atoms. The van der Waals surface area contributed by atoms with Crippen LogP contribution in [0.2, 0.25) is 0 Å². The zero-order chi connectivity index (χ0) is 16.8. The number of benzene rings is 2. The Morgan fingerprint density at radius 2 is 1.83 bits per heavy atom. The molecule has 0 bridgehead atoms. The number of nitrogens with zero attached hydrogens (tertiary/aromatic N) is 3. The highest BCUT2D eigenvalue weighted by molar-refractivity contribution is 9.10. The van der Waals surface area contributed by atoms with Gasteiger partial charge < -0.3 is 16.0 Å². The SMILES string of the molecule is Nc1nc(N)c2c(n1)c(Br)cc1c2ccn1Cc1ccc(F)cc1. The van der Waals surface area contributed by atoms with Gasteiger partial charge in [0.25, 0.3) is 0 Å². The first-order chi connectivity index (χ1) is 11.5. The Hall–Kier alpha value is -2.67. The Labute approximate surface area is 145 Å². The summed E-state index contributed by atoms with van der Waals surface area (Å²) in [5.74, 6) is 0.251. The van der Waals surface area contributed by atoms with E-state index in [1.54, 1.807) is 12.1 Å². The molecule has 0 atom stereocenters. The van der Waals surface area contributed by atoms with E-state index in [2.05, 4.69) is 30.5 Å². The van der Waals surface area contributed by atoms with Gasteiger partial charge in [0.15, 0.2) is 0 Å². The van der Waals surface area contributed by atoms with E-state index in [1.807, 2.05) is 18.3 Å². The number of anilines is 2. The van der Waals surface area contributed by atoms with E-state index in [-0.39, 0.29) is 11.8 Å². The van der Waals surface area contributed by atoms with Gasteiger partial charge in [-0.15, -0.1) is 0 Å². The van der Waals surface area contributed by atoms with Crippen molar-refractivity contribution in [3.63, 3.8) is 0 Å². The molecule has 120 valence electrons. The van der Waals surface area contributed by atoms with Crippen LogP contribution in [-0.2, 0) is 6.54 Å². The van der Waals surface area contributed by atoms with Gasteiger partial charge in [-0.1, -0.05) is 12.1 Å². The molecule has 4 N–H and O–H groups in total. The van der Waals surface area contributed by atoms with Crippen LogP contribution < -0.4 is 11.5 Å². The van der Waals surface area contributed by atoms with Crippen molar-refractivity contribution in [2.75, 3.05) is 11.5 Å². The lowest BCUT2D eigenvalue weighted by atomic mass is 10.1. The highest BCUT2D eigenvalue weighted by Gasteiger charge is 2.14. The summed E-state index contributed by atoms with van der Waals surface area (Å²) >= 11 is 3.54. The summed E-state index contributed by atoms with van der Waals surface area (Å²) in [6.07, 6.45) is 1.97. The summed E-state index contributed by atoms with van der Waals surface area (Å²) in [7, 11) is 0. The van der Waals surface area contributed by atoms with Crippen molar-refractivity contribution in [3.05, 3.63) is 58.4 Å². The quantitative estimate of drug-likeness (QED) is 0.550. The van der Waals surface area contributed by atoms with Crippen molar-refractivity contribution < 1.29 is 4.39 Å². The average Bonchev–Trinajstić information content (AvgIpc) is 2.92. The first-order valence-corrected chi connectivity index (χ1v) is 8.07. The van der Waals surface area contributed by atoms with Crippen LogP contribution in [0, 0.1) is 5.82 Å². The molecule has 0 fully saturated rings. The Morgan fingerprint density at radius 1 is 1.08 bits per heavy atom. The van der Waals surface area contributed by atoms with Crippen molar-refractivity contribution in [1.82, 2.24) is 14.5 Å². The Balaban J connectivity index is 1.92. The highest BCUT2D eigenvalue weighted by atomic mass is 79.9. The number of aromatic nitrogens is 3. The highest BCUT2D eigenvalue weighted by Crippen LogP contribution is 2.34. The van der Waals surface area contributed by atoms with E-state index in [0.717, 1.165) is 26.3 Å². The lowest BCUT2D eigenvalue weighted by Gasteiger charge is -2.09. The van der Waals surface area contributed by atoms with E-state index < -0.39 is 0 Å². The number of rotatable bonds is 2. The maximum Gasteiger partial charge on any atom is 0.222 e. The minimum Gasteiger partial charge on any atom is -0.383 e. The second kappa shape index (κ2) is 5.45. The molecule has 2 aromatic heterocycles. The molecule has 0 aliphatic carbocycles. The van der Waals surface area contributed by atoms with E-state index >= 15 is 0 Å². The smallest absolute Gasteiger partial charge is 0.222 e. The second-order valence-corrected chi connectivity index (χ2v) is 6.41. The molecule has 2 heterocycles. The number of hydrogen-bond acceptors (Lipinski definition) is 4. The monoisotopic (exact) mass is 385 g/mol. The predicted molar refractivity (Wildman–Crippen MR) is 97.1 cm³/mol. The van der Waals surface area contributed by atoms with Crippen LogP contribution in [0.5, 0.6) is 0 Å². The lowest BCUT2D eigenvalue weighted by molar-refractivity contribution is 0.626. The summed E-state index contributed by atoms with van der Waals surface area (Å²) < 4.78 is 15.9. The molecule has 0 saturated heterocycles. The third-order valence-corrected chi connectivity index (χ3v) is 4.59. The molecule has 0 unspecified atom stereocenters. The van der Waals surface area contributed by atoms with Crippen LogP contribution in [-0.4, -0.2) is 14.5 Å². The molecule has 5 nitrogen and oxygen atoms in total. The summed E-state index contributed by atoms with van der Waals surface area (Å²) in [4.78, 5) is 8.35. The fourth-order valence-electron chi connectivity index (χ4n) is 2.90. The molecule has 4 rings (SSSR count). The Bertz CT molecular complexity index is 1070. The normalized spacial score (nSPS) is 11.4. The first-order valence-electron chi connectivity index (χ1n) is 7.27. The first kappa shape index (κ1) is 14.9. The molecule has 0 radical (unpaired) electrons. The van der Waals surface area contributed by atoms with Gasteiger partial charge in [-0.3, -0.25) is 0 Å². The Morgan fingerprint density at radius 3 is 2.58 bits per heavy atom. The molecule has 2 aromatic carbocycles. The minimum atomic E-state index is -0.243. The Kier molecular flexibility index (Phi) is 3.38. The van der Waals surface area contributed by atoms with Crippen LogP contribution in [0.25, 0.3) is 21.8 Å². The molecule has 4 aromatic rings. The zero-order valence-electron chi connectivity index (χ0n) is 12.5. The molecular weight excluding hydrogens is 373 g/mol. The lowest BCUT2D eigenvalue weighted by Crippen LogP contribution is -2.02. The van der Waals surface area contributed by atoms with Crippen LogP contribution in [0.1, 0.15) is 5.56 Å². The third kappa shape index (κ3) is 2.37. The molecule has 0 saturated carbocycles. The summed E-state index contributed by atoms with van der Waals surface area (Å²) in [6, 6.07) is 10.4. The maximum atomic E-state index is 13.1. The van der Waals surface area contributed by atoms with Crippen LogP contribution in [0.15, 0.2) is 47.1 Å². The van der Waals surface area contributed by atoms with Gasteiger partial charge in [0.1, 0.15) is 11.6 Å². The van der Waals surface area contributed by atoms with Gasteiger partial charge in [0.2, 0.25) is 5.95 Å².